The molecule has 0 unspecified atom stereocenters. The van der Waals surface area contributed by atoms with Crippen LogP contribution in [0.1, 0.15) is 39.2 Å². The first-order valence-corrected chi connectivity index (χ1v) is 7.95. The summed E-state index contributed by atoms with van der Waals surface area (Å²) in [6.07, 6.45) is 2.36. The van der Waals surface area contributed by atoms with E-state index in [4.69, 9.17) is 4.74 Å². The maximum Gasteiger partial charge on any atom is 0.123 e. The molecule has 0 amide bonds. The molecule has 0 aromatic heterocycles. The number of nitrogens with zero attached hydrogens (tertiary/aromatic N) is 1. The Hall–Kier alpha value is -1.06. The lowest BCUT2D eigenvalue weighted by Gasteiger charge is -2.20. The van der Waals surface area contributed by atoms with E-state index in [0.717, 1.165) is 51.5 Å². The summed E-state index contributed by atoms with van der Waals surface area (Å²) in [4.78, 5) is 2.43. The summed E-state index contributed by atoms with van der Waals surface area (Å²) in [5.41, 5.74) is 1.25. The first kappa shape index (κ1) is 17.0. The Bertz CT molecular complexity index is 355. The lowest BCUT2D eigenvalue weighted by molar-refractivity contribution is 0.214. The second kappa shape index (κ2) is 10.7. The van der Waals surface area contributed by atoms with Gasteiger partial charge in [0.15, 0.2) is 0 Å². The molecular weight excluding hydrogens is 248 g/mol. The molecule has 0 bridgehead atoms. The molecule has 0 aliphatic heterocycles. The molecule has 3 nitrogen and oxygen atoms in total. The fourth-order valence-electron chi connectivity index (χ4n) is 2.22. The SMILES string of the molecule is CCCNCc1ccccc1OCCN(CC)CCC. The van der Waals surface area contributed by atoms with Crippen LogP contribution in [0.15, 0.2) is 24.3 Å². The first-order valence-electron chi connectivity index (χ1n) is 7.95. The largest absolute Gasteiger partial charge is 0.492 e. The Morgan fingerprint density at radius 2 is 1.85 bits per heavy atom. The quantitative estimate of drug-likeness (QED) is 0.629. The molecule has 0 aliphatic carbocycles. The van der Waals surface area contributed by atoms with Crippen LogP contribution in [0.2, 0.25) is 0 Å². The van der Waals surface area contributed by atoms with Crippen LogP contribution in [0.5, 0.6) is 5.75 Å². The van der Waals surface area contributed by atoms with Crippen molar-refractivity contribution in [2.75, 3.05) is 32.8 Å². The Labute approximate surface area is 124 Å². The summed E-state index contributed by atoms with van der Waals surface area (Å²) < 4.78 is 5.96. The summed E-state index contributed by atoms with van der Waals surface area (Å²) >= 11 is 0. The molecule has 1 aromatic carbocycles. The van der Waals surface area contributed by atoms with E-state index < -0.39 is 0 Å². The zero-order valence-corrected chi connectivity index (χ0v) is 13.3. The maximum atomic E-state index is 5.96. The second-order valence-corrected chi connectivity index (χ2v) is 5.07. The average molecular weight is 278 g/mol. The van der Waals surface area contributed by atoms with Crippen LogP contribution in [0, 0.1) is 0 Å². The van der Waals surface area contributed by atoms with Crippen molar-refractivity contribution >= 4 is 0 Å². The van der Waals surface area contributed by atoms with E-state index in [1.807, 2.05) is 6.07 Å². The van der Waals surface area contributed by atoms with Crippen LogP contribution in [0.4, 0.5) is 0 Å². The Morgan fingerprint density at radius 1 is 1.05 bits per heavy atom. The van der Waals surface area contributed by atoms with Gasteiger partial charge in [0.05, 0.1) is 0 Å². The first-order chi connectivity index (χ1) is 9.81. The number of hydrogen-bond donors (Lipinski definition) is 1. The number of nitrogens with one attached hydrogen (secondary N) is 1. The van der Waals surface area contributed by atoms with Crippen molar-refractivity contribution < 1.29 is 4.74 Å². The van der Waals surface area contributed by atoms with Crippen LogP contribution >= 0.6 is 0 Å². The minimum atomic E-state index is 0.763. The number of benzene rings is 1. The summed E-state index contributed by atoms with van der Waals surface area (Å²) in [6.45, 7) is 12.6. The topological polar surface area (TPSA) is 24.5 Å². The van der Waals surface area contributed by atoms with Crippen molar-refractivity contribution in [3.63, 3.8) is 0 Å². The van der Waals surface area contributed by atoms with E-state index in [1.54, 1.807) is 0 Å². The van der Waals surface area contributed by atoms with Gasteiger partial charge >= 0.3 is 0 Å². The van der Waals surface area contributed by atoms with Gasteiger partial charge in [0.2, 0.25) is 0 Å². The van der Waals surface area contributed by atoms with Crippen LogP contribution < -0.4 is 10.1 Å². The third-order valence-electron chi connectivity index (χ3n) is 3.37. The van der Waals surface area contributed by atoms with Crippen molar-refractivity contribution in [1.29, 1.82) is 0 Å². The van der Waals surface area contributed by atoms with E-state index >= 15 is 0 Å². The molecule has 0 heterocycles. The molecule has 114 valence electrons. The standard InChI is InChI=1S/C17H30N2O/c1-4-11-18-15-16-9-7-8-10-17(16)20-14-13-19(6-3)12-5-2/h7-10,18H,4-6,11-15H2,1-3H3. The normalized spacial score (nSPS) is 11.0. The predicted molar refractivity (Wildman–Crippen MR) is 86.3 cm³/mol. The fraction of sp³-hybridized carbons (Fsp3) is 0.647. The minimum absolute atomic E-state index is 0.763. The number of rotatable bonds is 11. The molecule has 3 heteroatoms. The van der Waals surface area contributed by atoms with Gasteiger partial charge in [0, 0.05) is 18.7 Å². The summed E-state index contributed by atoms with van der Waals surface area (Å²) in [5.74, 6) is 1.02. The van der Waals surface area contributed by atoms with Gasteiger partial charge in [0.25, 0.3) is 0 Å². The van der Waals surface area contributed by atoms with Gasteiger partial charge in [0.1, 0.15) is 12.4 Å². The van der Waals surface area contributed by atoms with Crippen molar-refractivity contribution in [1.82, 2.24) is 10.2 Å². The van der Waals surface area contributed by atoms with E-state index in [0.29, 0.717) is 0 Å². The minimum Gasteiger partial charge on any atom is -0.492 e. The predicted octanol–water partition coefficient (Wildman–Crippen LogP) is 3.30. The summed E-state index contributed by atoms with van der Waals surface area (Å²) in [6, 6.07) is 8.33. The van der Waals surface area contributed by atoms with Gasteiger partial charge < -0.3 is 15.0 Å². The number of hydrogen-bond acceptors (Lipinski definition) is 3. The Kier molecular flexibility index (Phi) is 9.09. The third kappa shape index (κ3) is 6.40. The highest BCUT2D eigenvalue weighted by molar-refractivity contribution is 5.33. The van der Waals surface area contributed by atoms with Crippen LogP contribution in [0.3, 0.4) is 0 Å². The van der Waals surface area contributed by atoms with Gasteiger partial charge in [-0.25, -0.2) is 0 Å². The van der Waals surface area contributed by atoms with Gasteiger partial charge in [-0.2, -0.15) is 0 Å². The number of para-hydroxylation sites is 1. The van der Waals surface area contributed by atoms with E-state index in [1.165, 1.54) is 12.0 Å². The molecule has 1 rings (SSSR count). The lowest BCUT2D eigenvalue weighted by atomic mass is 10.2. The van der Waals surface area contributed by atoms with Crippen molar-refractivity contribution in [2.24, 2.45) is 0 Å². The Morgan fingerprint density at radius 3 is 2.55 bits per heavy atom. The van der Waals surface area contributed by atoms with E-state index in [-0.39, 0.29) is 0 Å². The molecule has 0 saturated heterocycles. The lowest BCUT2D eigenvalue weighted by Crippen LogP contribution is -2.29. The second-order valence-electron chi connectivity index (χ2n) is 5.07. The van der Waals surface area contributed by atoms with Crippen molar-refractivity contribution in [2.45, 2.75) is 40.2 Å². The average Bonchev–Trinajstić information content (AvgIpc) is 2.48. The molecule has 20 heavy (non-hydrogen) atoms. The molecular formula is C17H30N2O. The molecule has 0 aliphatic rings. The maximum absolute atomic E-state index is 5.96. The highest BCUT2D eigenvalue weighted by atomic mass is 16.5. The van der Waals surface area contributed by atoms with Crippen LogP contribution in [-0.2, 0) is 6.54 Å². The molecule has 0 fully saturated rings. The number of ether oxygens (including phenoxy) is 1. The third-order valence-corrected chi connectivity index (χ3v) is 3.37. The zero-order valence-electron chi connectivity index (χ0n) is 13.3. The molecule has 0 atom stereocenters. The summed E-state index contributed by atoms with van der Waals surface area (Å²) in [7, 11) is 0. The van der Waals surface area contributed by atoms with Crippen LogP contribution in [0.25, 0.3) is 0 Å². The van der Waals surface area contributed by atoms with Gasteiger partial charge in [-0.05, 0) is 38.5 Å². The molecule has 0 saturated carbocycles. The smallest absolute Gasteiger partial charge is 0.123 e. The van der Waals surface area contributed by atoms with E-state index in [9.17, 15) is 0 Å². The van der Waals surface area contributed by atoms with Crippen molar-refractivity contribution in [3.8, 4) is 5.75 Å². The van der Waals surface area contributed by atoms with Gasteiger partial charge in [-0.1, -0.05) is 39.0 Å². The molecule has 1 N–H and O–H groups in total. The van der Waals surface area contributed by atoms with E-state index in [2.05, 4.69) is 49.2 Å². The molecule has 1 aromatic rings. The van der Waals surface area contributed by atoms with Crippen molar-refractivity contribution in [3.05, 3.63) is 29.8 Å². The Balaban J connectivity index is 2.42. The van der Waals surface area contributed by atoms with Gasteiger partial charge in [-0.3, -0.25) is 0 Å². The highest BCUT2D eigenvalue weighted by Gasteiger charge is 2.04. The zero-order chi connectivity index (χ0) is 14.6. The van der Waals surface area contributed by atoms with Crippen LogP contribution in [-0.4, -0.2) is 37.7 Å². The monoisotopic (exact) mass is 278 g/mol. The number of likely N-dealkylation sites (N-methyl/N-ethyl adjacent to an activating group) is 1. The summed E-state index contributed by atoms with van der Waals surface area (Å²) in [5, 5.41) is 3.43. The fourth-order valence-corrected chi connectivity index (χ4v) is 2.22. The highest BCUT2D eigenvalue weighted by Crippen LogP contribution is 2.17. The van der Waals surface area contributed by atoms with Gasteiger partial charge in [-0.15, -0.1) is 0 Å². The molecule has 0 spiro atoms. The molecule has 0 radical (unpaired) electrons.